The van der Waals surface area contributed by atoms with Crippen molar-refractivity contribution in [1.29, 1.82) is 0 Å². The predicted octanol–water partition coefficient (Wildman–Crippen LogP) is 3.67. The normalized spacial score (nSPS) is 18.3. The van der Waals surface area contributed by atoms with E-state index in [2.05, 4.69) is 47.6 Å². The summed E-state index contributed by atoms with van der Waals surface area (Å²) in [7, 11) is 1.87. The fraction of sp³-hybridized carbons (Fsp3) is 0.944. The van der Waals surface area contributed by atoms with E-state index < -0.39 is 0 Å². The van der Waals surface area contributed by atoms with Crippen LogP contribution in [0.25, 0.3) is 0 Å². The highest BCUT2D eigenvalue weighted by Gasteiger charge is 2.25. The number of hydrogen-bond acceptors (Lipinski definition) is 3. The van der Waals surface area contributed by atoms with Gasteiger partial charge in [0, 0.05) is 26.2 Å². The minimum atomic E-state index is 0. The van der Waals surface area contributed by atoms with Crippen molar-refractivity contribution < 1.29 is 0 Å². The number of nitrogens with one attached hydrogen (secondary N) is 2. The summed E-state index contributed by atoms with van der Waals surface area (Å²) < 4.78 is 0. The molecule has 0 amide bonds. The lowest BCUT2D eigenvalue weighted by Gasteiger charge is -2.39. The van der Waals surface area contributed by atoms with Gasteiger partial charge in [0.2, 0.25) is 0 Å². The molecule has 1 atom stereocenters. The molecular formula is C18H39IN4S. The van der Waals surface area contributed by atoms with Crippen LogP contribution in [-0.2, 0) is 0 Å². The zero-order valence-corrected chi connectivity index (χ0v) is 19.5. The standard InChI is InChI=1S/C18H38N4S.HI/c1-15(2)17(22-11-8-16(3)9-12-22)14-21-18(19-4)20-10-6-7-13-23-5;/h15-17H,6-14H2,1-5H3,(H2,19,20,21);1H. The van der Waals surface area contributed by atoms with Crippen molar-refractivity contribution in [3.63, 3.8) is 0 Å². The van der Waals surface area contributed by atoms with Crippen LogP contribution < -0.4 is 10.6 Å². The molecule has 1 rings (SSSR count). The zero-order chi connectivity index (χ0) is 17.1. The first-order valence-electron chi connectivity index (χ1n) is 9.26. The number of hydrogen-bond donors (Lipinski definition) is 2. The molecule has 1 saturated heterocycles. The summed E-state index contributed by atoms with van der Waals surface area (Å²) in [5.41, 5.74) is 0. The monoisotopic (exact) mass is 470 g/mol. The van der Waals surface area contributed by atoms with Crippen LogP contribution in [-0.4, -0.2) is 62.1 Å². The molecule has 1 unspecified atom stereocenters. The molecule has 1 aliphatic heterocycles. The number of rotatable bonds is 9. The van der Waals surface area contributed by atoms with Crippen LogP contribution in [0.15, 0.2) is 4.99 Å². The van der Waals surface area contributed by atoms with Crippen LogP contribution >= 0.6 is 35.7 Å². The molecule has 1 heterocycles. The third-order valence-corrected chi connectivity index (χ3v) is 5.52. The highest BCUT2D eigenvalue weighted by molar-refractivity contribution is 14.0. The molecule has 144 valence electrons. The Balaban J connectivity index is 0.00000529. The third-order valence-electron chi connectivity index (χ3n) is 4.83. The lowest BCUT2D eigenvalue weighted by molar-refractivity contribution is 0.110. The lowest BCUT2D eigenvalue weighted by Crippen LogP contribution is -2.51. The lowest BCUT2D eigenvalue weighted by atomic mass is 9.94. The minimum absolute atomic E-state index is 0. The Morgan fingerprint density at radius 3 is 2.42 bits per heavy atom. The number of aliphatic imine (C=N–C) groups is 1. The van der Waals surface area contributed by atoms with Crippen molar-refractivity contribution >= 4 is 41.7 Å². The van der Waals surface area contributed by atoms with E-state index in [1.165, 1.54) is 44.5 Å². The number of likely N-dealkylation sites (tertiary alicyclic amines) is 1. The molecule has 0 spiro atoms. The van der Waals surface area contributed by atoms with Crippen molar-refractivity contribution in [2.24, 2.45) is 16.8 Å². The molecule has 0 aliphatic carbocycles. The first-order chi connectivity index (χ1) is 11.1. The maximum absolute atomic E-state index is 4.37. The number of nitrogens with zero attached hydrogens (tertiary/aromatic N) is 2. The van der Waals surface area contributed by atoms with Crippen molar-refractivity contribution in [2.75, 3.05) is 45.2 Å². The van der Waals surface area contributed by atoms with E-state index in [1.54, 1.807) is 0 Å². The summed E-state index contributed by atoms with van der Waals surface area (Å²) >= 11 is 1.92. The van der Waals surface area contributed by atoms with Gasteiger partial charge >= 0.3 is 0 Å². The van der Waals surface area contributed by atoms with E-state index in [0.717, 1.165) is 25.0 Å². The van der Waals surface area contributed by atoms with Gasteiger partial charge in [-0.05, 0) is 62.6 Å². The second kappa shape index (κ2) is 14.5. The average molecular weight is 471 g/mol. The number of unbranched alkanes of at least 4 members (excludes halogenated alkanes) is 1. The van der Waals surface area contributed by atoms with Crippen LogP contribution in [0.5, 0.6) is 0 Å². The summed E-state index contributed by atoms with van der Waals surface area (Å²) in [6.45, 7) is 11.5. The largest absolute Gasteiger partial charge is 0.356 e. The molecule has 0 radical (unpaired) electrons. The quantitative estimate of drug-likeness (QED) is 0.234. The molecule has 24 heavy (non-hydrogen) atoms. The van der Waals surface area contributed by atoms with E-state index >= 15 is 0 Å². The van der Waals surface area contributed by atoms with Gasteiger partial charge < -0.3 is 10.6 Å². The summed E-state index contributed by atoms with van der Waals surface area (Å²) in [6, 6.07) is 0.595. The average Bonchev–Trinajstić information content (AvgIpc) is 2.54. The van der Waals surface area contributed by atoms with E-state index in [-0.39, 0.29) is 24.0 Å². The molecule has 0 saturated carbocycles. The molecule has 0 bridgehead atoms. The second-order valence-corrected chi connectivity index (χ2v) is 8.10. The first-order valence-corrected chi connectivity index (χ1v) is 10.6. The second-order valence-electron chi connectivity index (χ2n) is 7.11. The van der Waals surface area contributed by atoms with Gasteiger partial charge in [-0.2, -0.15) is 11.8 Å². The highest BCUT2D eigenvalue weighted by Crippen LogP contribution is 2.20. The van der Waals surface area contributed by atoms with E-state index in [1.807, 2.05) is 18.8 Å². The molecule has 2 N–H and O–H groups in total. The topological polar surface area (TPSA) is 39.7 Å². The van der Waals surface area contributed by atoms with Crippen LogP contribution in [0.3, 0.4) is 0 Å². The van der Waals surface area contributed by atoms with Crippen LogP contribution in [0.2, 0.25) is 0 Å². The Hall–Kier alpha value is 0.310. The summed E-state index contributed by atoms with van der Waals surface area (Å²) in [5.74, 6) is 3.75. The van der Waals surface area contributed by atoms with E-state index in [4.69, 9.17) is 0 Å². The first kappa shape index (κ1) is 24.3. The van der Waals surface area contributed by atoms with Crippen molar-refractivity contribution in [1.82, 2.24) is 15.5 Å². The van der Waals surface area contributed by atoms with Crippen LogP contribution in [0.4, 0.5) is 0 Å². The van der Waals surface area contributed by atoms with Crippen molar-refractivity contribution in [2.45, 2.75) is 52.5 Å². The van der Waals surface area contributed by atoms with E-state index in [0.29, 0.717) is 12.0 Å². The molecule has 6 heteroatoms. The fourth-order valence-corrected chi connectivity index (χ4v) is 3.64. The van der Waals surface area contributed by atoms with Gasteiger partial charge in [-0.25, -0.2) is 0 Å². The molecule has 0 aromatic rings. The molecule has 1 fully saturated rings. The summed E-state index contributed by atoms with van der Waals surface area (Å²) in [4.78, 5) is 7.04. The smallest absolute Gasteiger partial charge is 0.191 e. The number of thioether (sulfide) groups is 1. The number of guanidine groups is 1. The van der Waals surface area contributed by atoms with Gasteiger partial charge in [0.15, 0.2) is 5.96 Å². The maximum Gasteiger partial charge on any atom is 0.191 e. The Morgan fingerprint density at radius 1 is 1.21 bits per heavy atom. The summed E-state index contributed by atoms with van der Waals surface area (Å²) in [5, 5.41) is 6.99. The van der Waals surface area contributed by atoms with Gasteiger partial charge in [-0.1, -0.05) is 20.8 Å². The molecule has 0 aromatic carbocycles. The predicted molar refractivity (Wildman–Crippen MR) is 121 cm³/mol. The number of halogens is 1. The highest BCUT2D eigenvalue weighted by atomic mass is 127. The number of piperidine rings is 1. The van der Waals surface area contributed by atoms with Crippen LogP contribution in [0, 0.1) is 11.8 Å². The third kappa shape index (κ3) is 9.70. The molecule has 0 aromatic heterocycles. The van der Waals surface area contributed by atoms with Crippen molar-refractivity contribution in [3.05, 3.63) is 0 Å². The van der Waals surface area contributed by atoms with E-state index in [9.17, 15) is 0 Å². The summed E-state index contributed by atoms with van der Waals surface area (Å²) in [6.07, 6.45) is 7.32. The Labute approximate surface area is 171 Å². The van der Waals surface area contributed by atoms with Gasteiger partial charge in [-0.15, -0.1) is 24.0 Å². The van der Waals surface area contributed by atoms with Gasteiger partial charge in [0.05, 0.1) is 0 Å². The molecule has 4 nitrogen and oxygen atoms in total. The Morgan fingerprint density at radius 2 is 1.88 bits per heavy atom. The minimum Gasteiger partial charge on any atom is -0.356 e. The zero-order valence-electron chi connectivity index (χ0n) is 16.3. The fourth-order valence-electron chi connectivity index (χ4n) is 3.15. The van der Waals surface area contributed by atoms with Gasteiger partial charge in [-0.3, -0.25) is 9.89 Å². The molecule has 1 aliphatic rings. The van der Waals surface area contributed by atoms with Gasteiger partial charge in [0.1, 0.15) is 0 Å². The van der Waals surface area contributed by atoms with Crippen molar-refractivity contribution in [3.8, 4) is 0 Å². The SMILES string of the molecule is CN=C(NCCCCSC)NCC(C(C)C)N1CCC(C)CC1.I. The van der Waals surface area contributed by atoms with Crippen LogP contribution in [0.1, 0.15) is 46.5 Å². The molecular weight excluding hydrogens is 431 g/mol. The van der Waals surface area contributed by atoms with Gasteiger partial charge in [0.25, 0.3) is 0 Å². The Bertz CT molecular complexity index is 331. The Kier molecular flexibility index (Phi) is 14.7. The maximum atomic E-state index is 4.37.